The SMILES string of the molecule is CCc1nc(-c2cc(Br)c(Br)s2)[nH]c(=O)c1I. The highest BCUT2D eigenvalue weighted by molar-refractivity contribution is 14.1. The lowest BCUT2D eigenvalue weighted by Gasteiger charge is -2.02. The monoisotopic (exact) mass is 488 g/mol. The molecular weight excluding hydrogens is 483 g/mol. The molecule has 2 aromatic rings. The molecule has 0 amide bonds. The Morgan fingerprint density at radius 1 is 1.53 bits per heavy atom. The van der Waals surface area contributed by atoms with Crippen LogP contribution >= 0.6 is 65.8 Å². The van der Waals surface area contributed by atoms with Gasteiger partial charge in [-0.05, 0) is 66.9 Å². The van der Waals surface area contributed by atoms with E-state index in [1.807, 2.05) is 35.6 Å². The maximum Gasteiger partial charge on any atom is 0.264 e. The molecule has 7 heteroatoms. The molecule has 3 nitrogen and oxygen atoms in total. The number of hydrogen-bond acceptors (Lipinski definition) is 3. The number of nitrogens with one attached hydrogen (secondary N) is 1. The Kier molecular flexibility index (Phi) is 4.43. The van der Waals surface area contributed by atoms with Crippen molar-refractivity contribution in [2.45, 2.75) is 13.3 Å². The van der Waals surface area contributed by atoms with E-state index < -0.39 is 0 Å². The largest absolute Gasteiger partial charge is 0.305 e. The van der Waals surface area contributed by atoms with E-state index in [-0.39, 0.29) is 5.56 Å². The number of halogens is 3. The van der Waals surface area contributed by atoms with E-state index in [1.165, 1.54) is 11.3 Å². The van der Waals surface area contributed by atoms with Gasteiger partial charge in [0.1, 0.15) is 0 Å². The zero-order valence-electron chi connectivity index (χ0n) is 8.68. The maximum absolute atomic E-state index is 11.8. The van der Waals surface area contributed by atoms with Crippen molar-refractivity contribution in [2.75, 3.05) is 0 Å². The maximum atomic E-state index is 11.8. The third-order valence-electron chi connectivity index (χ3n) is 2.14. The molecular formula is C10H7Br2IN2OS. The number of H-pyrrole nitrogens is 1. The van der Waals surface area contributed by atoms with Crippen molar-refractivity contribution in [3.05, 3.63) is 33.9 Å². The Morgan fingerprint density at radius 3 is 2.76 bits per heavy atom. The first-order chi connectivity index (χ1) is 8.02. The van der Waals surface area contributed by atoms with Crippen molar-refractivity contribution in [1.29, 1.82) is 0 Å². The molecule has 90 valence electrons. The Balaban J connectivity index is 2.60. The van der Waals surface area contributed by atoms with Crippen LogP contribution in [0.1, 0.15) is 12.6 Å². The Labute approximate surface area is 132 Å². The molecule has 0 saturated heterocycles. The minimum atomic E-state index is -0.0758. The van der Waals surface area contributed by atoms with Crippen molar-refractivity contribution in [3.63, 3.8) is 0 Å². The van der Waals surface area contributed by atoms with E-state index in [9.17, 15) is 4.79 Å². The zero-order chi connectivity index (χ0) is 12.6. The summed E-state index contributed by atoms with van der Waals surface area (Å²) in [5, 5.41) is 0. The number of aromatic nitrogens is 2. The molecule has 0 aliphatic rings. The van der Waals surface area contributed by atoms with Gasteiger partial charge in [0.05, 0.1) is 17.9 Å². The fraction of sp³-hybridized carbons (Fsp3) is 0.200. The number of aromatic amines is 1. The minimum absolute atomic E-state index is 0.0758. The number of aryl methyl sites for hydroxylation is 1. The first-order valence-electron chi connectivity index (χ1n) is 4.76. The molecule has 0 aromatic carbocycles. The van der Waals surface area contributed by atoms with Crippen LogP contribution in [-0.2, 0) is 6.42 Å². The molecule has 0 radical (unpaired) electrons. The molecule has 0 fully saturated rings. The Bertz CT molecular complexity index is 604. The summed E-state index contributed by atoms with van der Waals surface area (Å²) in [5.74, 6) is 0.628. The number of thiophene rings is 1. The molecule has 0 unspecified atom stereocenters. The molecule has 1 N–H and O–H groups in total. The van der Waals surface area contributed by atoms with Gasteiger partial charge in [0.15, 0.2) is 5.82 Å². The van der Waals surface area contributed by atoms with E-state index in [2.05, 4.69) is 41.8 Å². The van der Waals surface area contributed by atoms with Crippen molar-refractivity contribution < 1.29 is 0 Å². The minimum Gasteiger partial charge on any atom is -0.305 e. The second-order valence-corrected chi connectivity index (χ2v) is 7.56. The van der Waals surface area contributed by atoms with Crippen LogP contribution in [0.3, 0.4) is 0 Å². The van der Waals surface area contributed by atoms with Gasteiger partial charge in [-0.3, -0.25) is 4.79 Å². The lowest BCUT2D eigenvalue weighted by atomic mass is 10.3. The first kappa shape index (κ1) is 13.7. The van der Waals surface area contributed by atoms with Crippen molar-refractivity contribution >= 4 is 65.8 Å². The van der Waals surface area contributed by atoms with Gasteiger partial charge in [0.2, 0.25) is 0 Å². The van der Waals surface area contributed by atoms with Crippen LogP contribution in [0.25, 0.3) is 10.7 Å². The lowest BCUT2D eigenvalue weighted by Crippen LogP contribution is -2.15. The molecule has 0 spiro atoms. The second kappa shape index (κ2) is 5.50. The molecule has 0 atom stereocenters. The van der Waals surface area contributed by atoms with Crippen LogP contribution in [0.2, 0.25) is 0 Å². The molecule has 17 heavy (non-hydrogen) atoms. The fourth-order valence-electron chi connectivity index (χ4n) is 1.32. The summed E-state index contributed by atoms with van der Waals surface area (Å²) in [7, 11) is 0. The summed E-state index contributed by atoms with van der Waals surface area (Å²) in [6, 6.07) is 1.94. The van der Waals surface area contributed by atoms with E-state index in [4.69, 9.17) is 0 Å². The quantitative estimate of drug-likeness (QED) is 0.643. The molecule has 0 bridgehead atoms. The molecule has 0 aliphatic carbocycles. The van der Waals surface area contributed by atoms with Crippen molar-refractivity contribution in [3.8, 4) is 10.7 Å². The predicted molar refractivity (Wildman–Crippen MR) is 85.7 cm³/mol. The Morgan fingerprint density at radius 2 is 2.24 bits per heavy atom. The lowest BCUT2D eigenvalue weighted by molar-refractivity contribution is 0.971. The van der Waals surface area contributed by atoms with Crippen LogP contribution in [0.15, 0.2) is 19.1 Å². The van der Waals surface area contributed by atoms with E-state index in [0.717, 1.165) is 25.3 Å². The molecule has 2 aromatic heterocycles. The van der Waals surface area contributed by atoms with Crippen molar-refractivity contribution in [1.82, 2.24) is 9.97 Å². The number of rotatable bonds is 2. The molecule has 2 rings (SSSR count). The van der Waals surface area contributed by atoms with Gasteiger partial charge in [-0.1, -0.05) is 6.92 Å². The van der Waals surface area contributed by atoms with Gasteiger partial charge in [-0.25, -0.2) is 4.98 Å². The third kappa shape index (κ3) is 2.82. The van der Waals surface area contributed by atoms with E-state index in [1.54, 1.807) is 0 Å². The second-order valence-electron chi connectivity index (χ2n) is 3.26. The van der Waals surface area contributed by atoms with Gasteiger partial charge in [0, 0.05) is 4.47 Å². The van der Waals surface area contributed by atoms with Gasteiger partial charge < -0.3 is 4.98 Å². The first-order valence-corrected chi connectivity index (χ1v) is 8.25. The average molecular weight is 490 g/mol. The van der Waals surface area contributed by atoms with E-state index in [0.29, 0.717) is 9.39 Å². The van der Waals surface area contributed by atoms with Gasteiger partial charge >= 0.3 is 0 Å². The smallest absolute Gasteiger partial charge is 0.264 e. The van der Waals surface area contributed by atoms with Crippen LogP contribution in [0.5, 0.6) is 0 Å². The Hall–Kier alpha value is 0.270. The highest BCUT2D eigenvalue weighted by Crippen LogP contribution is 2.36. The van der Waals surface area contributed by atoms with Gasteiger partial charge in [-0.15, -0.1) is 11.3 Å². The summed E-state index contributed by atoms with van der Waals surface area (Å²) in [6.45, 7) is 1.99. The fourth-order valence-corrected chi connectivity index (χ4v) is 3.94. The van der Waals surface area contributed by atoms with Gasteiger partial charge in [0.25, 0.3) is 5.56 Å². The summed E-state index contributed by atoms with van der Waals surface area (Å²) < 4.78 is 2.63. The normalized spacial score (nSPS) is 10.8. The highest BCUT2D eigenvalue weighted by Gasteiger charge is 2.12. The molecule has 2 heterocycles. The molecule has 0 saturated carbocycles. The van der Waals surface area contributed by atoms with Crippen LogP contribution in [0, 0.1) is 3.57 Å². The topological polar surface area (TPSA) is 45.8 Å². The summed E-state index contributed by atoms with van der Waals surface area (Å²) >= 11 is 10.4. The van der Waals surface area contributed by atoms with Crippen molar-refractivity contribution in [2.24, 2.45) is 0 Å². The average Bonchev–Trinajstić information content (AvgIpc) is 2.63. The van der Waals surface area contributed by atoms with Crippen LogP contribution in [-0.4, -0.2) is 9.97 Å². The van der Waals surface area contributed by atoms with E-state index >= 15 is 0 Å². The highest BCUT2D eigenvalue weighted by atomic mass is 127. The predicted octanol–water partition coefficient (Wildman–Crippen LogP) is 4.19. The number of hydrogen-bond donors (Lipinski definition) is 1. The molecule has 0 aliphatic heterocycles. The standard InChI is InChI=1S/C10H7Br2IN2OS/c1-2-5-7(13)10(16)15-9(14-5)6-3-4(11)8(12)17-6/h3H,2H2,1H3,(H,14,15,16). The summed E-state index contributed by atoms with van der Waals surface area (Å²) in [5.41, 5.74) is 0.762. The van der Waals surface area contributed by atoms with Crippen LogP contribution < -0.4 is 5.56 Å². The zero-order valence-corrected chi connectivity index (χ0v) is 14.8. The summed E-state index contributed by atoms with van der Waals surface area (Å²) in [6.07, 6.45) is 0.753. The summed E-state index contributed by atoms with van der Waals surface area (Å²) in [4.78, 5) is 20.0. The third-order valence-corrected chi connectivity index (χ3v) is 6.52. The number of nitrogens with zero attached hydrogens (tertiary/aromatic N) is 1. The van der Waals surface area contributed by atoms with Gasteiger partial charge in [-0.2, -0.15) is 0 Å². The van der Waals surface area contributed by atoms with Crippen LogP contribution in [0.4, 0.5) is 0 Å².